The van der Waals surface area contributed by atoms with Gasteiger partial charge in [0.25, 0.3) is 0 Å². The van der Waals surface area contributed by atoms with Gasteiger partial charge in [-0.05, 0) is 34.0 Å². The molecule has 0 spiro atoms. The fraction of sp³-hybridized carbons (Fsp3) is 0.385. The Morgan fingerprint density at radius 1 is 1.35 bits per heavy atom. The van der Waals surface area contributed by atoms with E-state index in [0.717, 1.165) is 0 Å². The van der Waals surface area contributed by atoms with E-state index >= 15 is 0 Å². The first-order chi connectivity index (χ1) is 10.6. The van der Waals surface area contributed by atoms with E-state index in [1.807, 2.05) is 0 Å². The van der Waals surface area contributed by atoms with Crippen molar-refractivity contribution >= 4 is 15.9 Å². The molecule has 0 aliphatic rings. The molecule has 124 valence electrons. The molecule has 1 amide bonds. The maximum absolute atomic E-state index is 12.5. The van der Waals surface area contributed by atoms with Gasteiger partial charge in [0.1, 0.15) is 12.4 Å². The molecule has 2 rings (SSSR count). The van der Waals surface area contributed by atoms with Crippen LogP contribution in [-0.2, 0) is 14.8 Å². The maximum Gasteiger partial charge on any atom is 0.241 e. The van der Waals surface area contributed by atoms with Crippen LogP contribution in [0.5, 0.6) is 0 Å². The fourth-order valence-corrected chi connectivity index (χ4v) is 3.41. The predicted octanol–water partition coefficient (Wildman–Crippen LogP) is -0.159. The molecule has 0 aliphatic heterocycles. The molecule has 0 bridgehead atoms. The number of rotatable bonds is 5. The Labute approximate surface area is 133 Å². The van der Waals surface area contributed by atoms with Crippen molar-refractivity contribution < 1.29 is 13.2 Å². The van der Waals surface area contributed by atoms with Gasteiger partial charge in [-0.3, -0.25) is 4.79 Å². The number of hydrogen-bond acceptors (Lipinski definition) is 6. The first kappa shape index (κ1) is 17.0. The van der Waals surface area contributed by atoms with Crippen LogP contribution in [0.3, 0.4) is 0 Å². The van der Waals surface area contributed by atoms with Crippen molar-refractivity contribution in [2.45, 2.75) is 31.7 Å². The molecule has 0 unspecified atom stereocenters. The van der Waals surface area contributed by atoms with E-state index in [4.69, 9.17) is 5.73 Å². The zero-order valence-electron chi connectivity index (χ0n) is 13.0. The number of nitrogens with one attached hydrogen (secondary N) is 1. The number of hydrogen-bond donors (Lipinski definition) is 2. The average molecular weight is 338 g/mol. The minimum atomic E-state index is -3.93. The lowest BCUT2D eigenvalue weighted by atomic mass is 9.87. The van der Waals surface area contributed by atoms with Crippen LogP contribution < -0.4 is 10.5 Å². The highest BCUT2D eigenvalue weighted by atomic mass is 32.2. The van der Waals surface area contributed by atoms with Gasteiger partial charge in [0, 0.05) is 0 Å². The van der Waals surface area contributed by atoms with E-state index in [2.05, 4.69) is 20.2 Å². The highest BCUT2D eigenvalue weighted by Gasteiger charge is 2.34. The van der Waals surface area contributed by atoms with E-state index in [-0.39, 0.29) is 4.90 Å². The van der Waals surface area contributed by atoms with Crippen LogP contribution in [0.1, 0.15) is 20.8 Å². The Morgan fingerprint density at radius 2 is 2.04 bits per heavy atom. The van der Waals surface area contributed by atoms with E-state index in [1.54, 1.807) is 32.9 Å². The SMILES string of the molecule is CC(C)(C)[C@@H](NS(=O)(=O)c1cccc(-n2cnnn2)c1)C(N)=O. The summed E-state index contributed by atoms with van der Waals surface area (Å²) in [7, 11) is -3.93. The summed E-state index contributed by atoms with van der Waals surface area (Å²) in [6.07, 6.45) is 1.35. The molecule has 0 aliphatic carbocycles. The molecule has 1 atom stereocenters. The molecule has 10 heteroatoms. The van der Waals surface area contributed by atoms with E-state index in [1.165, 1.54) is 23.1 Å². The molecule has 1 aromatic heterocycles. The smallest absolute Gasteiger partial charge is 0.241 e. The minimum absolute atomic E-state index is 0.0130. The van der Waals surface area contributed by atoms with Crippen LogP contribution in [0.25, 0.3) is 5.69 Å². The van der Waals surface area contributed by atoms with Crippen molar-refractivity contribution in [3.63, 3.8) is 0 Å². The predicted molar refractivity (Wildman–Crippen MR) is 81.9 cm³/mol. The normalized spacial score (nSPS) is 13.7. The molecule has 1 aromatic carbocycles. The first-order valence-corrected chi connectivity index (χ1v) is 8.24. The lowest BCUT2D eigenvalue weighted by Gasteiger charge is -2.28. The largest absolute Gasteiger partial charge is 0.368 e. The van der Waals surface area contributed by atoms with E-state index in [0.29, 0.717) is 5.69 Å². The van der Waals surface area contributed by atoms with Crippen molar-refractivity contribution in [3.8, 4) is 5.69 Å². The van der Waals surface area contributed by atoms with Gasteiger partial charge in [-0.25, -0.2) is 13.1 Å². The summed E-state index contributed by atoms with van der Waals surface area (Å²) in [5, 5.41) is 10.7. The molecule has 2 aromatic rings. The van der Waals surface area contributed by atoms with Gasteiger partial charge in [0.2, 0.25) is 15.9 Å². The number of amides is 1. The monoisotopic (exact) mass is 338 g/mol. The third kappa shape index (κ3) is 3.90. The number of tetrazole rings is 1. The van der Waals surface area contributed by atoms with Crippen molar-refractivity contribution in [1.82, 2.24) is 24.9 Å². The summed E-state index contributed by atoms with van der Waals surface area (Å²) >= 11 is 0. The van der Waals surface area contributed by atoms with Crippen molar-refractivity contribution in [1.29, 1.82) is 0 Å². The number of carbonyl (C=O) groups is 1. The van der Waals surface area contributed by atoms with Crippen LogP contribution in [0, 0.1) is 5.41 Å². The van der Waals surface area contributed by atoms with Gasteiger partial charge >= 0.3 is 0 Å². The van der Waals surface area contributed by atoms with Gasteiger partial charge < -0.3 is 5.73 Å². The third-order valence-corrected chi connectivity index (χ3v) is 4.59. The van der Waals surface area contributed by atoms with Crippen LogP contribution in [-0.4, -0.2) is 40.6 Å². The molecule has 3 N–H and O–H groups in total. The van der Waals surface area contributed by atoms with Crippen molar-refractivity contribution in [2.75, 3.05) is 0 Å². The number of nitrogens with two attached hydrogens (primary N) is 1. The van der Waals surface area contributed by atoms with Crippen LogP contribution in [0.4, 0.5) is 0 Å². The zero-order chi connectivity index (χ0) is 17.3. The van der Waals surface area contributed by atoms with E-state index < -0.39 is 27.4 Å². The standard InChI is InChI=1S/C13H18N6O3S/c1-13(2,3)11(12(14)20)16-23(21,22)10-6-4-5-9(7-10)19-8-15-17-18-19/h4-8,11,16H,1-3H3,(H2,14,20)/t11-/m0/s1. The number of benzene rings is 1. The molecule has 0 fully saturated rings. The van der Waals surface area contributed by atoms with Gasteiger partial charge in [0.15, 0.2) is 0 Å². The Hall–Kier alpha value is -2.33. The molecule has 0 saturated heterocycles. The lowest BCUT2D eigenvalue weighted by molar-refractivity contribution is -0.121. The molecule has 23 heavy (non-hydrogen) atoms. The number of sulfonamides is 1. The van der Waals surface area contributed by atoms with Gasteiger partial charge in [0.05, 0.1) is 10.6 Å². The number of aromatic nitrogens is 4. The second-order valence-corrected chi connectivity index (χ2v) is 7.79. The lowest BCUT2D eigenvalue weighted by Crippen LogP contribution is -2.51. The van der Waals surface area contributed by atoms with Crippen molar-refractivity contribution in [2.24, 2.45) is 11.1 Å². The first-order valence-electron chi connectivity index (χ1n) is 6.76. The zero-order valence-corrected chi connectivity index (χ0v) is 13.8. The summed E-state index contributed by atoms with van der Waals surface area (Å²) in [5.74, 6) is -0.738. The van der Waals surface area contributed by atoms with E-state index in [9.17, 15) is 13.2 Å². The Kier molecular flexibility index (Phi) is 4.48. The minimum Gasteiger partial charge on any atom is -0.368 e. The molecule has 0 saturated carbocycles. The Morgan fingerprint density at radius 3 is 2.57 bits per heavy atom. The third-order valence-electron chi connectivity index (χ3n) is 3.17. The molecular formula is C13H18N6O3S. The summed E-state index contributed by atoms with van der Waals surface area (Å²) in [5.41, 5.74) is 5.13. The molecule has 1 heterocycles. The number of primary amides is 1. The summed E-state index contributed by atoms with van der Waals surface area (Å²) < 4.78 is 28.8. The summed E-state index contributed by atoms with van der Waals surface area (Å²) in [6, 6.07) is 4.99. The Bertz CT molecular complexity index is 795. The molecular weight excluding hydrogens is 320 g/mol. The molecule has 0 radical (unpaired) electrons. The molecule has 9 nitrogen and oxygen atoms in total. The van der Waals surface area contributed by atoms with Crippen LogP contribution in [0.15, 0.2) is 35.5 Å². The second kappa shape index (κ2) is 6.05. The van der Waals surface area contributed by atoms with Crippen LogP contribution in [0.2, 0.25) is 0 Å². The maximum atomic E-state index is 12.5. The highest BCUT2D eigenvalue weighted by Crippen LogP contribution is 2.22. The number of nitrogens with zero attached hydrogens (tertiary/aromatic N) is 4. The van der Waals surface area contributed by atoms with Gasteiger partial charge in [-0.15, -0.1) is 5.10 Å². The average Bonchev–Trinajstić information content (AvgIpc) is 2.98. The second-order valence-electron chi connectivity index (χ2n) is 6.07. The van der Waals surface area contributed by atoms with Crippen LogP contribution >= 0.6 is 0 Å². The summed E-state index contributed by atoms with van der Waals surface area (Å²) in [6.45, 7) is 5.17. The topological polar surface area (TPSA) is 133 Å². The highest BCUT2D eigenvalue weighted by molar-refractivity contribution is 7.89. The fourth-order valence-electron chi connectivity index (χ4n) is 1.96. The summed E-state index contributed by atoms with van der Waals surface area (Å²) in [4.78, 5) is 11.6. The number of carbonyl (C=O) groups excluding carboxylic acids is 1. The Balaban J connectivity index is 2.37. The van der Waals surface area contributed by atoms with Gasteiger partial charge in [-0.1, -0.05) is 26.8 Å². The van der Waals surface area contributed by atoms with Crippen molar-refractivity contribution in [3.05, 3.63) is 30.6 Å². The van der Waals surface area contributed by atoms with Gasteiger partial charge in [-0.2, -0.15) is 4.72 Å². The quantitative estimate of drug-likeness (QED) is 0.778.